The molecule has 0 aliphatic carbocycles. The lowest BCUT2D eigenvalue weighted by atomic mass is 9.82. The van der Waals surface area contributed by atoms with Crippen molar-refractivity contribution in [1.82, 2.24) is 0 Å². The highest BCUT2D eigenvalue weighted by atomic mass is 79.9. The minimum atomic E-state index is -0.134. The van der Waals surface area contributed by atoms with Gasteiger partial charge in [0.05, 0.1) is 0 Å². The van der Waals surface area contributed by atoms with Crippen LogP contribution in [0, 0.1) is 11.2 Å². The molecule has 0 saturated carbocycles. The Morgan fingerprint density at radius 2 is 2.11 bits per heavy atom. The normalized spacial score (nSPS) is 21.5. The Morgan fingerprint density at radius 1 is 1.32 bits per heavy atom. The Hall–Kier alpha value is -0.610. The van der Waals surface area contributed by atoms with E-state index in [2.05, 4.69) is 20.8 Å². The molecule has 0 N–H and O–H groups in total. The zero-order valence-corrected chi connectivity index (χ0v) is 12.6. The summed E-state index contributed by atoms with van der Waals surface area (Å²) in [4.78, 5) is 2.35. The zero-order chi connectivity index (χ0) is 13.3. The molecule has 0 amide bonds. The van der Waals surface area contributed by atoms with Gasteiger partial charge in [-0.1, -0.05) is 22.0 Å². The van der Waals surface area contributed by atoms with E-state index in [-0.39, 0.29) is 11.2 Å². The van der Waals surface area contributed by atoms with Gasteiger partial charge in [0.2, 0.25) is 0 Å². The average Bonchev–Trinajstić information content (AvgIpc) is 2.82. The van der Waals surface area contributed by atoms with Gasteiger partial charge in [0.25, 0.3) is 0 Å². The lowest BCUT2D eigenvalue weighted by Gasteiger charge is -2.39. The first kappa shape index (κ1) is 13.4. The topological polar surface area (TPSA) is 12.5 Å². The molecule has 4 heteroatoms. The third kappa shape index (κ3) is 2.65. The highest BCUT2D eigenvalue weighted by molar-refractivity contribution is 9.09. The molecule has 104 valence electrons. The van der Waals surface area contributed by atoms with E-state index in [1.807, 2.05) is 6.07 Å². The molecule has 0 atom stereocenters. The molecule has 2 aliphatic rings. The van der Waals surface area contributed by atoms with Crippen molar-refractivity contribution in [2.24, 2.45) is 5.41 Å². The van der Waals surface area contributed by atoms with Crippen molar-refractivity contribution >= 4 is 21.6 Å². The van der Waals surface area contributed by atoms with Crippen molar-refractivity contribution in [3.8, 4) is 0 Å². The van der Waals surface area contributed by atoms with Crippen molar-refractivity contribution in [2.45, 2.75) is 19.3 Å². The van der Waals surface area contributed by atoms with Gasteiger partial charge < -0.3 is 9.64 Å². The molecule has 0 aromatic heterocycles. The number of halogens is 2. The summed E-state index contributed by atoms with van der Waals surface area (Å²) in [7, 11) is 0. The number of benzene rings is 1. The second-order valence-electron chi connectivity index (χ2n) is 5.69. The number of hydrogen-bond donors (Lipinski definition) is 0. The molecule has 3 rings (SSSR count). The van der Waals surface area contributed by atoms with Crippen LogP contribution in [0.3, 0.4) is 0 Å². The number of ether oxygens (including phenoxy) is 1. The van der Waals surface area contributed by atoms with Crippen molar-refractivity contribution in [3.05, 3.63) is 29.6 Å². The van der Waals surface area contributed by atoms with E-state index in [1.165, 1.54) is 5.56 Å². The minimum Gasteiger partial charge on any atom is -0.381 e. The average molecular weight is 328 g/mol. The summed E-state index contributed by atoms with van der Waals surface area (Å²) in [6.07, 6.45) is 3.20. The van der Waals surface area contributed by atoms with Crippen LogP contribution in [0.5, 0.6) is 0 Å². The lowest BCUT2D eigenvalue weighted by molar-refractivity contribution is 0.0302. The van der Waals surface area contributed by atoms with Crippen LogP contribution in [-0.2, 0) is 11.2 Å². The molecule has 0 unspecified atom stereocenters. The van der Waals surface area contributed by atoms with Crippen molar-refractivity contribution in [3.63, 3.8) is 0 Å². The summed E-state index contributed by atoms with van der Waals surface area (Å²) in [5.41, 5.74) is 2.64. The van der Waals surface area contributed by atoms with Gasteiger partial charge in [0, 0.05) is 42.7 Å². The van der Waals surface area contributed by atoms with Crippen LogP contribution in [0.2, 0.25) is 0 Å². The van der Waals surface area contributed by atoms with Gasteiger partial charge in [-0.05, 0) is 37.0 Å². The molecule has 2 heterocycles. The lowest BCUT2D eigenvalue weighted by Crippen LogP contribution is -2.42. The number of alkyl halides is 1. The predicted molar refractivity (Wildman–Crippen MR) is 78.6 cm³/mol. The number of rotatable bonds is 3. The van der Waals surface area contributed by atoms with E-state index >= 15 is 0 Å². The van der Waals surface area contributed by atoms with Crippen LogP contribution in [-0.4, -0.2) is 31.6 Å². The highest BCUT2D eigenvalue weighted by Gasteiger charge is 2.35. The minimum absolute atomic E-state index is 0.134. The Morgan fingerprint density at radius 3 is 2.84 bits per heavy atom. The number of anilines is 1. The van der Waals surface area contributed by atoms with Gasteiger partial charge in [-0.3, -0.25) is 0 Å². The quantitative estimate of drug-likeness (QED) is 0.789. The fraction of sp³-hybridized carbons (Fsp3) is 0.600. The molecule has 0 bridgehead atoms. The summed E-state index contributed by atoms with van der Waals surface area (Å²) in [5.74, 6) is -0.134. The SMILES string of the molecule is Fc1ccc2c(c1)N(CC1(CBr)CCOCC1)CC2. The van der Waals surface area contributed by atoms with Crippen molar-refractivity contribution in [1.29, 1.82) is 0 Å². The molecule has 1 aromatic rings. The fourth-order valence-corrected chi connectivity index (χ4v) is 3.86. The molecule has 2 nitrogen and oxygen atoms in total. The van der Waals surface area contributed by atoms with E-state index in [9.17, 15) is 4.39 Å². The molecule has 1 saturated heterocycles. The third-order valence-electron chi connectivity index (χ3n) is 4.40. The standard InChI is InChI=1S/C15H19BrFNO/c16-10-15(4-7-19-8-5-15)11-18-6-3-12-1-2-13(17)9-14(12)18/h1-2,9H,3-8,10-11H2. The zero-order valence-electron chi connectivity index (χ0n) is 11.0. The van der Waals surface area contributed by atoms with E-state index in [1.54, 1.807) is 12.1 Å². The van der Waals surface area contributed by atoms with Crippen molar-refractivity contribution < 1.29 is 9.13 Å². The monoisotopic (exact) mass is 327 g/mol. The molecule has 1 fully saturated rings. The second kappa shape index (κ2) is 5.41. The summed E-state index contributed by atoms with van der Waals surface area (Å²) in [6.45, 7) is 3.69. The summed E-state index contributed by atoms with van der Waals surface area (Å²) < 4.78 is 18.9. The second-order valence-corrected chi connectivity index (χ2v) is 6.25. The number of nitrogens with zero attached hydrogens (tertiary/aromatic N) is 1. The molecular weight excluding hydrogens is 309 g/mol. The Balaban J connectivity index is 1.79. The van der Waals surface area contributed by atoms with E-state index in [0.717, 1.165) is 56.6 Å². The van der Waals surface area contributed by atoms with Gasteiger partial charge in [-0.2, -0.15) is 0 Å². The third-order valence-corrected chi connectivity index (χ3v) is 5.59. The Kier molecular flexibility index (Phi) is 3.81. The molecule has 1 aromatic carbocycles. The van der Waals surface area contributed by atoms with Crippen molar-refractivity contribution in [2.75, 3.05) is 36.5 Å². The van der Waals surface area contributed by atoms with Crippen LogP contribution in [0.15, 0.2) is 18.2 Å². The van der Waals surface area contributed by atoms with Gasteiger partial charge in [0.15, 0.2) is 0 Å². The molecular formula is C15H19BrFNO. The van der Waals surface area contributed by atoms with Crippen LogP contribution in [0.25, 0.3) is 0 Å². The van der Waals surface area contributed by atoms with Gasteiger partial charge in [-0.15, -0.1) is 0 Å². The molecule has 0 spiro atoms. The first-order chi connectivity index (χ1) is 9.22. The summed E-state index contributed by atoms with van der Waals surface area (Å²) in [5, 5.41) is 0.991. The van der Waals surface area contributed by atoms with Crippen LogP contribution in [0.4, 0.5) is 10.1 Å². The van der Waals surface area contributed by atoms with E-state index < -0.39 is 0 Å². The fourth-order valence-electron chi connectivity index (χ4n) is 3.13. The molecule has 2 aliphatic heterocycles. The maximum Gasteiger partial charge on any atom is 0.125 e. The predicted octanol–water partition coefficient (Wildman–Crippen LogP) is 3.38. The van der Waals surface area contributed by atoms with Gasteiger partial charge in [0.1, 0.15) is 5.82 Å². The molecule has 0 radical (unpaired) electrons. The van der Waals surface area contributed by atoms with Crippen LogP contribution in [0.1, 0.15) is 18.4 Å². The van der Waals surface area contributed by atoms with E-state index in [4.69, 9.17) is 4.74 Å². The Bertz CT molecular complexity index is 459. The first-order valence-electron chi connectivity index (χ1n) is 6.90. The maximum absolute atomic E-state index is 13.4. The number of fused-ring (bicyclic) bond motifs is 1. The number of hydrogen-bond acceptors (Lipinski definition) is 2. The Labute approximate surface area is 122 Å². The highest BCUT2D eigenvalue weighted by Crippen LogP contribution is 2.37. The summed E-state index contributed by atoms with van der Waals surface area (Å²) >= 11 is 3.67. The maximum atomic E-state index is 13.4. The van der Waals surface area contributed by atoms with Crippen LogP contribution < -0.4 is 4.90 Å². The smallest absolute Gasteiger partial charge is 0.125 e. The largest absolute Gasteiger partial charge is 0.381 e. The van der Waals surface area contributed by atoms with E-state index in [0.29, 0.717) is 0 Å². The van der Waals surface area contributed by atoms with Gasteiger partial charge in [-0.25, -0.2) is 4.39 Å². The molecule has 19 heavy (non-hydrogen) atoms. The van der Waals surface area contributed by atoms with Gasteiger partial charge >= 0.3 is 0 Å². The first-order valence-corrected chi connectivity index (χ1v) is 8.02. The summed E-state index contributed by atoms with van der Waals surface area (Å²) in [6, 6.07) is 5.18. The van der Waals surface area contributed by atoms with Crippen LogP contribution >= 0.6 is 15.9 Å².